The fourth-order valence-corrected chi connectivity index (χ4v) is 2.23. The molecule has 11 nitrogen and oxygen atoms in total. The second-order valence-electron chi connectivity index (χ2n) is 5.89. The van der Waals surface area contributed by atoms with Gasteiger partial charge in [0.15, 0.2) is 0 Å². The van der Waals surface area contributed by atoms with Crippen molar-refractivity contribution in [1.82, 2.24) is 14.9 Å². The lowest BCUT2D eigenvalue weighted by Gasteiger charge is -2.33. The van der Waals surface area contributed by atoms with Crippen molar-refractivity contribution in [2.45, 2.75) is 26.7 Å². The molecule has 0 fully saturated rings. The highest BCUT2D eigenvalue weighted by Crippen LogP contribution is 2.03. The van der Waals surface area contributed by atoms with Gasteiger partial charge in [-0.25, -0.2) is 10.0 Å². The van der Waals surface area contributed by atoms with Crippen LogP contribution in [0.2, 0.25) is 0 Å². The molecule has 0 aromatic heterocycles. The number of hydrogen-bond donors (Lipinski definition) is 3. The molecule has 0 unspecified atom stereocenters. The van der Waals surface area contributed by atoms with Crippen LogP contribution in [0.25, 0.3) is 0 Å². The van der Waals surface area contributed by atoms with Gasteiger partial charge in [-0.3, -0.25) is 28.9 Å². The minimum Gasteiger partial charge on any atom is -0.480 e. The molecule has 0 aliphatic rings. The van der Waals surface area contributed by atoms with Gasteiger partial charge in [-0.1, -0.05) is 13.8 Å². The standard InChI is InChI=1S/C16H27N3O8/c1-3-12(20)7-17(9-14(22)23)5-6-18(10-15(24)25)19(11-16(26)27)8-13(21)4-2/h3-11H2,1-2H3,(H,22,23)(H,24,25)(H,26,27). The summed E-state index contributed by atoms with van der Waals surface area (Å²) in [7, 11) is 0. The lowest BCUT2D eigenvalue weighted by atomic mass is 10.3. The summed E-state index contributed by atoms with van der Waals surface area (Å²) in [6, 6.07) is 0. The van der Waals surface area contributed by atoms with Gasteiger partial charge < -0.3 is 15.3 Å². The first kappa shape index (κ1) is 24.6. The Morgan fingerprint density at radius 1 is 0.593 bits per heavy atom. The van der Waals surface area contributed by atoms with E-state index in [9.17, 15) is 24.0 Å². The first-order chi connectivity index (χ1) is 12.6. The fourth-order valence-electron chi connectivity index (χ4n) is 2.23. The molecule has 0 saturated heterocycles. The number of rotatable bonds is 16. The Morgan fingerprint density at radius 2 is 1.04 bits per heavy atom. The van der Waals surface area contributed by atoms with Crippen molar-refractivity contribution >= 4 is 29.5 Å². The average Bonchev–Trinajstić information content (AvgIpc) is 2.56. The van der Waals surface area contributed by atoms with Crippen LogP contribution in [-0.4, -0.2) is 106 Å². The number of carbonyl (C=O) groups excluding carboxylic acids is 2. The summed E-state index contributed by atoms with van der Waals surface area (Å²) in [4.78, 5) is 57.9. The van der Waals surface area contributed by atoms with Crippen LogP contribution >= 0.6 is 0 Å². The minimum atomic E-state index is -1.24. The zero-order valence-corrected chi connectivity index (χ0v) is 15.6. The van der Waals surface area contributed by atoms with Crippen LogP contribution in [0.3, 0.4) is 0 Å². The molecule has 0 heterocycles. The van der Waals surface area contributed by atoms with Crippen molar-refractivity contribution in [3.8, 4) is 0 Å². The van der Waals surface area contributed by atoms with E-state index in [4.69, 9.17) is 15.3 Å². The van der Waals surface area contributed by atoms with Crippen molar-refractivity contribution in [2.24, 2.45) is 0 Å². The third-order valence-corrected chi connectivity index (χ3v) is 3.62. The van der Waals surface area contributed by atoms with Crippen LogP contribution in [0.4, 0.5) is 0 Å². The average molecular weight is 389 g/mol. The minimum absolute atomic E-state index is 0.0156. The molecular weight excluding hydrogens is 362 g/mol. The van der Waals surface area contributed by atoms with E-state index in [1.54, 1.807) is 13.8 Å². The summed E-state index contributed by atoms with van der Waals surface area (Å²) in [5.41, 5.74) is 0. The van der Waals surface area contributed by atoms with E-state index in [-0.39, 0.29) is 50.6 Å². The lowest BCUT2D eigenvalue weighted by molar-refractivity contribution is -0.154. The summed E-state index contributed by atoms with van der Waals surface area (Å²) in [6.07, 6.45) is 0.387. The van der Waals surface area contributed by atoms with E-state index in [1.165, 1.54) is 9.91 Å². The molecule has 0 aliphatic heterocycles. The SMILES string of the molecule is CCC(=O)CN(CCN(CC(=O)O)N(CC(=O)O)CC(=O)CC)CC(=O)O. The van der Waals surface area contributed by atoms with Crippen molar-refractivity contribution in [3.05, 3.63) is 0 Å². The predicted octanol–water partition coefficient (Wildman–Crippen LogP) is -0.981. The number of hydrogen-bond acceptors (Lipinski definition) is 8. The molecular formula is C16H27N3O8. The molecule has 154 valence electrons. The number of Topliss-reactive ketones (excluding diaryl/α,β-unsaturated/α-hetero) is 2. The third-order valence-electron chi connectivity index (χ3n) is 3.62. The molecule has 27 heavy (non-hydrogen) atoms. The van der Waals surface area contributed by atoms with Crippen molar-refractivity contribution in [3.63, 3.8) is 0 Å². The zero-order valence-electron chi connectivity index (χ0n) is 15.6. The third kappa shape index (κ3) is 11.8. The predicted molar refractivity (Wildman–Crippen MR) is 93.1 cm³/mol. The molecule has 0 spiro atoms. The van der Waals surface area contributed by atoms with Gasteiger partial charge in [0, 0.05) is 25.9 Å². The lowest BCUT2D eigenvalue weighted by Crippen LogP contribution is -2.52. The number of aliphatic carboxylic acids is 3. The number of carbonyl (C=O) groups is 5. The molecule has 0 radical (unpaired) electrons. The van der Waals surface area contributed by atoms with Crippen LogP contribution in [0.1, 0.15) is 26.7 Å². The molecule has 3 N–H and O–H groups in total. The van der Waals surface area contributed by atoms with E-state index < -0.39 is 37.5 Å². The Balaban J connectivity index is 5.26. The number of nitrogens with zero attached hydrogens (tertiary/aromatic N) is 3. The maximum Gasteiger partial charge on any atom is 0.319 e. The van der Waals surface area contributed by atoms with Crippen molar-refractivity contribution in [2.75, 3.05) is 45.8 Å². The van der Waals surface area contributed by atoms with E-state index in [0.29, 0.717) is 0 Å². The van der Waals surface area contributed by atoms with Crippen molar-refractivity contribution in [1.29, 1.82) is 0 Å². The highest BCUT2D eigenvalue weighted by Gasteiger charge is 2.24. The first-order valence-corrected chi connectivity index (χ1v) is 8.49. The van der Waals surface area contributed by atoms with Gasteiger partial charge in [0.2, 0.25) is 0 Å². The molecule has 0 atom stereocenters. The number of ketones is 2. The smallest absolute Gasteiger partial charge is 0.319 e. The van der Waals surface area contributed by atoms with E-state index in [0.717, 1.165) is 5.01 Å². The first-order valence-electron chi connectivity index (χ1n) is 8.49. The van der Waals surface area contributed by atoms with Gasteiger partial charge in [-0.15, -0.1) is 0 Å². The number of carboxylic acid groups (broad SMARTS) is 3. The second-order valence-corrected chi connectivity index (χ2v) is 5.89. The highest BCUT2D eigenvalue weighted by atomic mass is 16.4. The monoisotopic (exact) mass is 389 g/mol. The molecule has 0 rings (SSSR count). The maximum absolute atomic E-state index is 11.7. The van der Waals surface area contributed by atoms with Gasteiger partial charge in [-0.05, 0) is 0 Å². The Bertz CT molecular complexity index is 552. The maximum atomic E-state index is 11.7. The largest absolute Gasteiger partial charge is 0.480 e. The van der Waals surface area contributed by atoms with Gasteiger partial charge in [0.25, 0.3) is 0 Å². The summed E-state index contributed by atoms with van der Waals surface area (Å²) >= 11 is 0. The Labute approximate surface area is 157 Å². The summed E-state index contributed by atoms with van der Waals surface area (Å²) in [5.74, 6) is -4.06. The van der Waals surface area contributed by atoms with Crippen LogP contribution in [-0.2, 0) is 24.0 Å². The van der Waals surface area contributed by atoms with E-state index >= 15 is 0 Å². The molecule has 0 saturated carbocycles. The highest BCUT2D eigenvalue weighted by molar-refractivity contribution is 5.81. The Morgan fingerprint density at radius 3 is 1.48 bits per heavy atom. The topological polar surface area (TPSA) is 156 Å². The normalized spacial score (nSPS) is 11.1. The molecule has 0 amide bonds. The van der Waals surface area contributed by atoms with Gasteiger partial charge >= 0.3 is 17.9 Å². The summed E-state index contributed by atoms with van der Waals surface area (Å²) in [5, 5.41) is 29.4. The van der Waals surface area contributed by atoms with E-state index in [2.05, 4.69) is 0 Å². The van der Waals surface area contributed by atoms with Crippen LogP contribution in [0.15, 0.2) is 0 Å². The van der Waals surface area contributed by atoms with Gasteiger partial charge in [-0.2, -0.15) is 0 Å². The zero-order chi connectivity index (χ0) is 21.0. The Kier molecular flexibility index (Phi) is 11.8. The van der Waals surface area contributed by atoms with E-state index in [1.807, 2.05) is 0 Å². The Hall–Kier alpha value is -2.37. The van der Waals surface area contributed by atoms with Crippen LogP contribution in [0.5, 0.6) is 0 Å². The number of hydrazine groups is 1. The number of carboxylic acids is 3. The quantitative estimate of drug-likeness (QED) is 0.279. The van der Waals surface area contributed by atoms with Gasteiger partial charge in [0.1, 0.15) is 24.7 Å². The summed E-state index contributed by atoms with van der Waals surface area (Å²) in [6.45, 7) is 1.26. The molecule has 0 aliphatic carbocycles. The van der Waals surface area contributed by atoms with Crippen LogP contribution in [0, 0.1) is 0 Å². The molecule has 0 aromatic rings. The fraction of sp³-hybridized carbons (Fsp3) is 0.688. The second kappa shape index (κ2) is 12.9. The summed E-state index contributed by atoms with van der Waals surface area (Å²) < 4.78 is 0. The molecule has 11 heteroatoms. The van der Waals surface area contributed by atoms with Crippen molar-refractivity contribution < 1.29 is 39.3 Å². The molecule has 0 aromatic carbocycles. The molecule has 0 bridgehead atoms. The van der Waals surface area contributed by atoms with Gasteiger partial charge in [0.05, 0.1) is 19.6 Å². The van der Waals surface area contributed by atoms with Crippen LogP contribution < -0.4 is 0 Å².